The van der Waals surface area contributed by atoms with E-state index in [0.29, 0.717) is 10.0 Å². The van der Waals surface area contributed by atoms with Crippen molar-refractivity contribution in [2.24, 2.45) is 5.41 Å². The Morgan fingerprint density at radius 2 is 1.87 bits per heavy atom. The Hall–Kier alpha value is -0.240. The summed E-state index contributed by atoms with van der Waals surface area (Å²) in [6, 6.07) is 5.46. The number of rotatable bonds is 2. The molecule has 0 aliphatic carbocycles. The van der Waals surface area contributed by atoms with Gasteiger partial charge in [0.05, 0.1) is 16.7 Å². The van der Waals surface area contributed by atoms with Gasteiger partial charge in [0.2, 0.25) is 0 Å². The molecule has 0 aliphatic rings. The van der Waals surface area contributed by atoms with Crippen molar-refractivity contribution in [2.45, 2.75) is 20.8 Å². The topological polar surface area (TPSA) is 20.2 Å². The Bertz CT molecular complexity index is 342. The van der Waals surface area contributed by atoms with Crippen molar-refractivity contribution >= 4 is 23.2 Å². The van der Waals surface area contributed by atoms with Crippen LogP contribution in [0.1, 0.15) is 26.3 Å². The number of hydrogen-bond donors (Lipinski definition) is 1. The molecule has 1 aromatic rings. The van der Waals surface area contributed by atoms with Gasteiger partial charge in [-0.15, -0.1) is 0 Å². The molecule has 1 nitrogen and oxygen atoms in total. The Balaban J connectivity index is 3.19. The Morgan fingerprint density at radius 1 is 1.27 bits per heavy atom. The van der Waals surface area contributed by atoms with E-state index in [2.05, 4.69) is 0 Å². The van der Waals surface area contributed by atoms with Crippen molar-refractivity contribution in [3.63, 3.8) is 0 Å². The third-order valence-electron chi connectivity index (χ3n) is 2.34. The van der Waals surface area contributed by atoms with E-state index in [0.717, 1.165) is 11.5 Å². The van der Waals surface area contributed by atoms with Gasteiger partial charge in [0.1, 0.15) is 0 Å². The first-order valence-corrected chi connectivity index (χ1v) is 5.55. The molecule has 0 fully saturated rings. The molecular weight excluding hydrogens is 231 g/mol. The van der Waals surface area contributed by atoms with E-state index in [1.807, 2.05) is 32.9 Å². The monoisotopic (exact) mass is 245 g/mol. The van der Waals surface area contributed by atoms with Crippen LogP contribution in [-0.4, -0.2) is 11.7 Å². The van der Waals surface area contributed by atoms with Crippen molar-refractivity contribution in [3.8, 4) is 0 Å². The van der Waals surface area contributed by atoms with Crippen molar-refractivity contribution in [1.82, 2.24) is 0 Å². The minimum absolute atomic E-state index is 0.0104. The summed E-state index contributed by atoms with van der Waals surface area (Å²) < 4.78 is 0. The molecule has 1 radical (unpaired) electrons. The van der Waals surface area contributed by atoms with E-state index in [9.17, 15) is 5.11 Å². The zero-order valence-corrected chi connectivity index (χ0v) is 10.7. The number of halogens is 2. The molecule has 1 rings (SSSR count). The highest BCUT2D eigenvalue weighted by atomic mass is 35.5. The average Bonchev–Trinajstić information content (AvgIpc) is 2.11. The molecular formula is C12H15Cl2O. The Morgan fingerprint density at radius 3 is 2.33 bits per heavy atom. The van der Waals surface area contributed by atoms with Crippen LogP contribution in [0.25, 0.3) is 0 Å². The standard InChI is InChI=1S/C12H15Cl2O/c1-12(2,3)9(7-15)8-5-4-6-10(13)11(8)14/h4-6,15H,7H2,1-3H3. The molecule has 0 heterocycles. The average molecular weight is 246 g/mol. The van der Waals surface area contributed by atoms with Crippen LogP contribution in [0.15, 0.2) is 18.2 Å². The van der Waals surface area contributed by atoms with E-state index in [1.165, 1.54) is 0 Å². The predicted octanol–water partition coefficient (Wildman–Crippen LogP) is 3.95. The van der Waals surface area contributed by atoms with Gasteiger partial charge in [-0.3, -0.25) is 0 Å². The number of hydrogen-bond acceptors (Lipinski definition) is 1. The summed E-state index contributed by atoms with van der Waals surface area (Å²) in [5, 5.41) is 10.4. The third kappa shape index (κ3) is 2.87. The lowest BCUT2D eigenvalue weighted by Crippen LogP contribution is -2.23. The lowest BCUT2D eigenvalue weighted by atomic mass is 9.77. The highest BCUT2D eigenvalue weighted by Crippen LogP contribution is 2.39. The van der Waals surface area contributed by atoms with Gasteiger partial charge in [-0.25, -0.2) is 0 Å². The van der Waals surface area contributed by atoms with Crippen LogP contribution in [-0.2, 0) is 0 Å². The lowest BCUT2D eigenvalue weighted by molar-refractivity contribution is 0.264. The second-order valence-electron chi connectivity index (χ2n) is 4.49. The molecule has 0 aliphatic heterocycles. The Kier molecular flexibility index (Phi) is 4.05. The molecule has 1 aromatic carbocycles. The maximum absolute atomic E-state index is 9.39. The molecule has 3 heteroatoms. The molecule has 0 saturated heterocycles. The summed E-state index contributed by atoms with van der Waals surface area (Å²) in [5.74, 6) is 0.898. The fraction of sp³-hybridized carbons (Fsp3) is 0.417. The van der Waals surface area contributed by atoms with Crippen LogP contribution < -0.4 is 0 Å². The molecule has 0 saturated carbocycles. The van der Waals surface area contributed by atoms with Crippen LogP contribution in [0.5, 0.6) is 0 Å². The first-order valence-electron chi connectivity index (χ1n) is 4.79. The minimum atomic E-state index is -0.122. The summed E-state index contributed by atoms with van der Waals surface area (Å²) in [6.45, 7) is 6.10. The molecule has 0 spiro atoms. The van der Waals surface area contributed by atoms with Crippen LogP contribution in [0.2, 0.25) is 10.0 Å². The van der Waals surface area contributed by atoms with Gasteiger partial charge in [0.25, 0.3) is 0 Å². The third-order valence-corrected chi connectivity index (χ3v) is 3.16. The van der Waals surface area contributed by atoms with Crippen LogP contribution in [0.3, 0.4) is 0 Å². The fourth-order valence-electron chi connectivity index (χ4n) is 1.46. The molecule has 1 N–H and O–H groups in total. The number of benzene rings is 1. The van der Waals surface area contributed by atoms with E-state index in [4.69, 9.17) is 23.2 Å². The van der Waals surface area contributed by atoms with Gasteiger partial charge >= 0.3 is 0 Å². The van der Waals surface area contributed by atoms with Crippen molar-refractivity contribution in [3.05, 3.63) is 39.7 Å². The van der Waals surface area contributed by atoms with Crippen molar-refractivity contribution in [2.75, 3.05) is 6.61 Å². The fourth-order valence-corrected chi connectivity index (χ4v) is 1.88. The van der Waals surface area contributed by atoms with Crippen LogP contribution in [0.4, 0.5) is 0 Å². The van der Waals surface area contributed by atoms with Gasteiger partial charge in [0.15, 0.2) is 0 Å². The highest BCUT2D eigenvalue weighted by Gasteiger charge is 2.28. The highest BCUT2D eigenvalue weighted by molar-refractivity contribution is 6.42. The second kappa shape index (κ2) is 4.73. The minimum Gasteiger partial charge on any atom is -0.395 e. The summed E-state index contributed by atoms with van der Waals surface area (Å²) in [4.78, 5) is 0. The maximum atomic E-state index is 9.39. The van der Waals surface area contributed by atoms with Crippen molar-refractivity contribution < 1.29 is 5.11 Å². The van der Waals surface area contributed by atoms with Gasteiger partial charge in [-0.2, -0.15) is 0 Å². The van der Waals surface area contributed by atoms with E-state index >= 15 is 0 Å². The van der Waals surface area contributed by atoms with Crippen LogP contribution in [0, 0.1) is 11.3 Å². The SMILES string of the molecule is CC(C)(C)[C](CO)c1cccc(Cl)c1Cl. The van der Waals surface area contributed by atoms with Crippen LogP contribution >= 0.6 is 23.2 Å². The smallest absolute Gasteiger partial charge is 0.0631 e. The molecule has 0 amide bonds. The normalized spacial score (nSPS) is 12.2. The first-order chi connectivity index (χ1) is 6.88. The first kappa shape index (κ1) is 12.8. The summed E-state index contributed by atoms with van der Waals surface area (Å²) in [6.07, 6.45) is 0. The lowest BCUT2D eigenvalue weighted by Gasteiger charge is -2.29. The summed E-state index contributed by atoms with van der Waals surface area (Å²) in [7, 11) is 0. The molecule has 0 aromatic heterocycles. The van der Waals surface area contributed by atoms with E-state index < -0.39 is 0 Å². The second-order valence-corrected chi connectivity index (χ2v) is 5.27. The quantitative estimate of drug-likeness (QED) is 0.837. The molecule has 0 bridgehead atoms. The van der Waals surface area contributed by atoms with Gasteiger partial charge in [-0.1, -0.05) is 56.1 Å². The van der Waals surface area contributed by atoms with Gasteiger partial charge in [0, 0.05) is 5.92 Å². The van der Waals surface area contributed by atoms with Gasteiger partial charge < -0.3 is 5.11 Å². The molecule has 0 unspecified atom stereocenters. The van der Waals surface area contributed by atoms with E-state index in [1.54, 1.807) is 6.07 Å². The zero-order chi connectivity index (χ0) is 11.6. The maximum Gasteiger partial charge on any atom is 0.0631 e. The Labute approximate surface area is 101 Å². The summed E-state index contributed by atoms with van der Waals surface area (Å²) in [5.41, 5.74) is 0.711. The van der Waals surface area contributed by atoms with Crippen molar-refractivity contribution in [1.29, 1.82) is 0 Å². The predicted molar refractivity (Wildman–Crippen MR) is 65.3 cm³/mol. The molecule has 83 valence electrons. The number of aliphatic hydroxyl groups is 1. The number of aliphatic hydroxyl groups excluding tert-OH is 1. The largest absolute Gasteiger partial charge is 0.395 e. The summed E-state index contributed by atoms with van der Waals surface area (Å²) >= 11 is 12.0. The molecule has 0 atom stereocenters. The zero-order valence-electron chi connectivity index (χ0n) is 9.14. The van der Waals surface area contributed by atoms with Gasteiger partial charge in [-0.05, 0) is 17.0 Å². The van der Waals surface area contributed by atoms with E-state index in [-0.39, 0.29) is 12.0 Å². The molecule has 15 heavy (non-hydrogen) atoms.